The van der Waals surface area contributed by atoms with Crippen LogP contribution in [0.4, 0.5) is 5.13 Å². The lowest BCUT2D eigenvalue weighted by atomic mass is 10.0. The molecular weight excluding hydrogens is 486 g/mol. The average Bonchev–Trinajstić information content (AvgIpc) is 3.26. The quantitative estimate of drug-likeness (QED) is 0.148. The number of carbonyl (C=O) groups is 3. The van der Waals surface area contributed by atoms with E-state index < -0.39 is 29.2 Å². The van der Waals surface area contributed by atoms with Crippen LogP contribution in [0.1, 0.15) is 11.4 Å². The molecule has 0 aromatic carbocycles. The first-order chi connectivity index (χ1) is 16.3. The highest BCUT2D eigenvalue weighted by Crippen LogP contribution is 2.40. The number of carboxylic acids is 1. The van der Waals surface area contributed by atoms with Crippen LogP contribution in [0.5, 0.6) is 0 Å². The van der Waals surface area contributed by atoms with Crippen molar-refractivity contribution in [3.05, 3.63) is 47.2 Å². The van der Waals surface area contributed by atoms with E-state index in [1.54, 1.807) is 29.1 Å². The van der Waals surface area contributed by atoms with Gasteiger partial charge in [0.05, 0.1) is 18.3 Å². The molecule has 4 N–H and O–H groups in total. The summed E-state index contributed by atoms with van der Waals surface area (Å²) in [5.74, 6) is -2.58. The zero-order valence-electron chi connectivity index (χ0n) is 17.7. The van der Waals surface area contributed by atoms with E-state index in [9.17, 15) is 24.6 Å². The van der Waals surface area contributed by atoms with Gasteiger partial charge in [0, 0.05) is 35.0 Å². The number of hydrogen-bond donors (Lipinski definition) is 3. The molecule has 2 aromatic rings. The van der Waals surface area contributed by atoms with Crippen molar-refractivity contribution in [3.63, 3.8) is 0 Å². The summed E-state index contributed by atoms with van der Waals surface area (Å²) in [6.07, 6.45) is 3.41. The molecule has 0 radical (unpaired) electrons. The largest absolute Gasteiger partial charge is 0.543 e. The van der Waals surface area contributed by atoms with E-state index in [0.717, 1.165) is 16.4 Å². The van der Waals surface area contributed by atoms with Gasteiger partial charge in [-0.2, -0.15) is 9.36 Å². The van der Waals surface area contributed by atoms with Gasteiger partial charge in [0.1, 0.15) is 18.5 Å². The number of amides is 2. The Balaban J connectivity index is 1.52. The maximum absolute atomic E-state index is 12.9. The average molecular weight is 506 g/mol. The number of oxime groups is 1. The molecule has 0 aliphatic carbocycles. The predicted molar refractivity (Wildman–Crippen MR) is 117 cm³/mol. The lowest BCUT2D eigenvalue weighted by molar-refractivity contribution is -0.689. The van der Waals surface area contributed by atoms with Crippen molar-refractivity contribution < 1.29 is 34.0 Å². The van der Waals surface area contributed by atoms with Gasteiger partial charge in [-0.15, -0.1) is 11.8 Å². The maximum atomic E-state index is 12.9. The van der Waals surface area contributed by atoms with E-state index in [2.05, 4.69) is 24.7 Å². The van der Waals surface area contributed by atoms with Gasteiger partial charge in [-0.25, -0.2) is 4.57 Å². The predicted octanol–water partition coefficient (Wildman–Crippen LogP) is -2.65. The topological polar surface area (TPSA) is 187 Å². The molecule has 0 spiro atoms. The Morgan fingerprint density at radius 1 is 1.44 bits per heavy atom. The number of aliphatic hydroxyl groups is 1. The highest BCUT2D eigenvalue weighted by atomic mass is 32.2. The van der Waals surface area contributed by atoms with Crippen LogP contribution >= 0.6 is 23.3 Å². The standard InChI is InChI=1S/C19H19N7O6S2/c1-32-23-11(14-22-19(20)34-24-14)15(28)21-12-16(29)26-13(18(30)31)10(8-33-17(12)26)6-25-4-2-9(7-27)3-5-25/h2-5,12,17,27H,6-8H2,1H3,(H3-,20,21,22,24,28,30,31)/b23-11-/t12-,17+/m1/s1. The minimum absolute atomic E-state index is 0.0522. The van der Waals surface area contributed by atoms with Crippen molar-refractivity contribution in [2.45, 2.75) is 24.6 Å². The van der Waals surface area contributed by atoms with Gasteiger partial charge in [-0.3, -0.25) is 14.5 Å². The number of fused-ring (bicyclic) bond motifs is 1. The van der Waals surface area contributed by atoms with Crippen LogP contribution in [0.25, 0.3) is 0 Å². The Hall–Kier alpha value is -3.56. The van der Waals surface area contributed by atoms with Crippen molar-refractivity contribution in [1.29, 1.82) is 0 Å². The number of nitrogen functional groups attached to an aromatic ring is 1. The fourth-order valence-electron chi connectivity index (χ4n) is 3.53. The SMILES string of the molecule is CO/N=C(\C(=O)N[C@@H]1C(=O)N2C(C(=O)[O-])=C(C[n+]3ccc(CO)cc3)CS[C@@H]12)c1nsc(N)n1. The van der Waals surface area contributed by atoms with E-state index in [0.29, 0.717) is 16.9 Å². The Kier molecular flexibility index (Phi) is 6.76. The van der Waals surface area contributed by atoms with E-state index >= 15 is 0 Å². The van der Waals surface area contributed by atoms with Crippen LogP contribution in [0.2, 0.25) is 0 Å². The number of nitrogens with two attached hydrogens (primary N) is 1. The first-order valence-electron chi connectivity index (χ1n) is 9.82. The fourth-order valence-corrected chi connectivity index (χ4v) is 5.30. The summed E-state index contributed by atoms with van der Waals surface area (Å²) < 4.78 is 5.67. The maximum Gasteiger partial charge on any atom is 0.278 e. The van der Waals surface area contributed by atoms with Crippen LogP contribution in [-0.2, 0) is 32.4 Å². The third-order valence-corrected chi connectivity index (χ3v) is 6.98. The van der Waals surface area contributed by atoms with Crippen LogP contribution in [-0.4, -0.2) is 67.1 Å². The Labute approximate surface area is 201 Å². The third kappa shape index (κ3) is 4.44. The second kappa shape index (κ2) is 9.74. The van der Waals surface area contributed by atoms with Crippen LogP contribution < -0.4 is 20.7 Å². The van der Waals surface area contributed by atoms with Crippen LogP contribution in [0, 0.1) is 0 Å². The summed E-state index contributed by atoms with van der Waals surface area (Å²) in [7, 11) is 1.24. The van der Waals surface area contributed by atoms with Crippen molar-refractivity contribution in [2.24, 2.45) is 5.16 Å². The van der Waals surface area contributed by atoms with Crippen molar-refractivity contribution in [2.75, 3.05) is 18.6 Å². The molecule has 2 aliphatic heterocycles. The summed E-state index contributed by atoms with van der Waals surface area (Å²) in [6, 6.07) is 2.44. The molecule has 13 nitrogen and oxygen atoms in total. The number of carbonyl (C=O) groups excluding carboxylic acids is 3. The molecular formula is C19H19N7O6S2. The lowest BCUT2D eigenvalue weighted by Crippen LogP contribution is -2.71. The molecule has 0 saturated carbocycles. The molecule has 2 aliphatic rings. The molecule has 0 bridgehead atoms. The molecule has 4 heterocycles. The highest BCUT2D eigenvalue weighted by Gasteiger charge is 2.53. The van der Waals surface area contributed by atoms with Gasteiger partial charge in [-0.1, -0.05) is 5.16 Å². The molecule has 4 rings (SSSR count). The lowest BCUT2D eigenvalue weighted by Gasteiger charge is -2.50. The van der Waals surface area contributed by atoms with E-state index in [1.165, 1.54) is 18.9 Å². The van der Waals surface area contributed by atoms with E-state index in [-0.39, 0.29) is 35.5 Å². The second-order valence-corrected chi connectivity index (χ2v) is 9.10. The molecule has 1 saturated heterocycles. The van der Waals surface area contributed by atoms with Gasteiger partial charge in [0.15, 0.2) is 24.1 Å². The number of aliphatic hydroxyl groups excluding tert-OH is 1. The molecule has 0 unspecified atom stereocenters. The number of aliphatic carboxylic acids is 1. The number of thioether (sulfide) groups is 1. The summed E-state index contributed by atoms with van der Waals surface area (Å²) in [5, 5.41) is 26.8. The summed E-state index contributed by atoms with van der Waals surface area (Å²) in [6.45, 7) is 0.112. The number of rotatable bonds is 8. The number of β-lactam (4-membered cyclic amide) rings is 1. The Morgan fingerprint density at radius 3 is 2.76 bits per heavy atom. The summed E-state index contributed by atoms with van der Waals surface area (Å²) >= 11 is 2.18. The zero-order valence-corrected chi connectivity index (χ0v) is 19.3. The molecule has 1 fully saturated rings. The van der Waals surface area contributed by atoms with Crippen molar-refractivity contribution in [3.8, 4) is 0 Å². The zero-order chi connectivity index (χ0) is 24.4. The van der Waals surface area contributed by atoms with Gasteiger partial charge < -0.3 is 30.9 Å². The number of hydrogen-bond acceptors (Lipinski definition) is 12. The molecule has 178 valence electrons. The Bertz CT molecular complexity index is 1200. The minimum Gasteiger partial charge on any atom is -0.543 e. The minimum atomic E-state index is -1.48. The summed E-state index contributed by atoms with van der Waals surface area (Å²) in [5.41, 5.74) is 6.29. The second-order valence-electron chi connectivity index (χ2n) is 7.22. The first kappa shape index (κ1) is 23.6. The third-order valence-electron chi connectivity index (χ3n) is 5.09. The number of aromatic nitrogens is 3. The number of nitrogens with zero attached hydrogens (tertiary/aromatic N) is 5. The van der Waals surface area contributed by atoms with Gasteiger partial charge in [0.25, 0.3) is 11.8 Å². The number of carboxylic acid groups (broad SMARTS) is 1. The smallest absolute Gasteiger partial charge is 0.278 e. The van der Waals surface area contributed by atoms with Crippen LogP contribution in [0.3, 0.4) is 0 Å². The fraction of sp³-hybridized carbons (Fsp3) is 0.316. The number of anilines is 1. The molecule has 2 atom stereocenters. The highest BCUT2D eigenvalue weighted by molar-refractivity contribution is 8.00. The molecule has 34 heavy (non-hydrogen) atoms. The van der Waals surface area contributed by atoms with Crippen molar-refractivity contribution >= 4 is 51.9 Å². The monoisotopic (exact) mass is 505 g/mol. The summed E-state index contributed by atoms with van der Waals surface area (Å²) in [4.78, 5) is 47.3. The molecule has 2 amide bonds. The normalized spacial score (nSPS) is 20.0. The molecule has 15 heteroatoms. The number of nitrogens with one attached hydrogen (secondary N) is 1. The molecule has 2 aromatic heterocycles. The van der Waals surface area contributed by atoms with Gasteiger partial charge in [0.2, 0.25) is 11.5 Å². The van der Waals surface area contributed by atoms with Gasteiger partial charge >= 0.3 is 0 Å². The van der Waals surface area contributed by atoms with Crippen LogP contribution in [0.15, 0.2) is 41.0 Å². The van der Waals surface area contributed by atoms with E-state index in [4.69, 9.17) is 5.73 Å². The van der Waals surface area contributed by atoms with Gasteiger partial charge in [-0.05, 0) is 5.56 Å². The Morgan fingerprint density at radius 2 is 2.18 bits per heavy atom. The van der Waals surface area contributed by atoms with Crippen molar-refractivity contribution in [1.82, 2.24) is 19.6 Å². The first-order valence-corrected chi connectivity index (χ1v) is 11.6. The number of pyridine rings is 1. The van der Waals surface area contributed by atoms with E-state index in [1.807, 2.05) is 0 Å².